The Balaban J connectivity index is 0. The number of unbranched alkanes of at least 4 members (excludes halogenated alkanes) is 5. The molecule has 0 unspecified atom stereocenters. The highest BCUT2D eigenvalue weighted by molar-refractivity contribution is 7.85. The first kappa shape index (κ1) is 21.1. The fourth-order valence-corrected chi connectivity index (χ4v) is 1.39. The minimum Gasteiger partial charge on any atom is -0.394 e. The van der Waals surface area contributed by atoms with Crippen LogP contribution in [-0.4, -0.2) is 43.0 Å². The molecule has 0 rings (SSSR count). The monoisotopic (exact) mass is 297 g/mol. The second-order valence-electron chi connectivity index (χ2n) is 5.47. The first-order chi connectivity index (χ1) is 8.62. The molecule has 0 saturated heterocycles. The predicted molar refractivity (Wildman–Crippen MR) is 80.0 cm³/mol. The van der Waals surface area contributed by atoms with Crippen molar-refractivity contribution in [2.75, 3.05) is 19.4 Å². The topological polar surface area (TPSA) is 86.6 Å². The molecule has 5 nitrogen and oxygen atoms in total. The number of rotatable bonds is 9. The van der Waals surface area contributed by atoms with Crippen LogP contribution in [0.2, 0.25) is 0 Å². The Morgan fingerprint density at radius 1 is 1.05 bits per heavy atom. The average molecular weight is 297 g/mol. The lowest BCUT2D eigenvalue weighted by atomic mass is 10.1. The van der Waals surface area contributed by atoms with E-state index in [0.717, 1.165) is 6.54 Å². The Labute approximate surface area is 118 Å². The van der Waals surface area contributed by atoms with Crippen LogP contribution in [0.15, 0.2) is 0 Å². The van der Waals surface area contributed by atoms with Crippen molar-refractivity contribution < 1.29 is 18.1 Å². The van der Waals surface area contributed by atoms with E-state index in [1.54, 1.807) is 0 Å². The summed E-state index contributed by atoms with van der Waals surface area (Å²) in [5.41, 5.74) is -0.108. The van der Waals surface area contributed by atoms with Crippen molar-refractivity contribution in [3.05, 3.63) is 0 Å². The number of hydrogen-bond donors (Lipinski definition) is 3. The van der Waals surface area contributed by atoms with Gasteiger partial charge in [0, 0.05) is 5.54 Å². The maximum absolute atomic E-state index is 9.19. The van der Waals surface area contributed by atoms with Gasteiger partial charge >= 0.3 is 0 Å². The molecule has 0 aromatic carbocycles. The smallest absolute Gasteiger partial charge is 0.261 e. The molecule has 0 aliphatic carbocycles. The van der Waals surface area contributed by atoms with Gasteiger partial charge in [0.15, 0.2) is 0 Å². The summed E-state index contributed by atoms with van der Waals surface area (Å²) in [6, 6.07) is 0. The third-order valence-electron chi connectivity index (χ3n) is 2.53. The first-order valence-corrected chi connectivity index (χ1v) is 8.75. The van der Waals surface area contributed by atoms with Crippen molar-refractivity contribution in [1.82, 2.24) is 5.32 Å². The van der Waals surface area contributed by atoms with Crippen LogP contribution in [0, 0.1) is 0 Å². The maximum Gasteiger partial charge on any atom is 0.261 e. The zero-order chi connectivity index (χ0) is 15.4. The SMILES string of the molecule is CCCCCCCCNC(C)(C)CO.CS(=O)(=O)O. The molecule has 0 aliphatic rings. The van der Waals surface area contributed by atoms with E-state index in [4.69, 9.17) is 9.66 Å². The Morgan fingerprint density at radius 3 is 1.89 bits per heavy atom. The fraction of sp³-hybridized carbons (Fsp3) is 1.00. The van der Waals surface area contributed by atoms with Gasteiger partial charge in [0.25, 0.3) is 10.1 Å². The fourth-order valence-electron chi connectivity index (χ4n) is 1.39. The molecular weight excluding hydrogens is 266 g/mol. The summed E-state index contributed by atoms with van der Waals surface area (Å²) in [6.07, 6.45) is 8.68. The van der Waals surface area contributed by atoms with E-state index < -0.39 is 10.1 Å². The minimum atomic E-state index is -3.67. The van der Waals surface area contributed by atoms with E-state index in [-0.39, 0.29) is 12.1 Å². The van der Waals surface area contributed by atoms with Gasteiger partial charge in [-0.3, -0.25) is 4.55 Å². The third kappa shape index (κ3) is 27.1. The van der Waals surface area contributed by atoms with Crippen LogP contribution in [0.25, 0.3) is 0 Å². The lowest BCUT2D eigenvalue weighted by Crippen LogP contribution is -2.43. The average Bonchev–Trinajstić information content (AvgIpc) is 2.26. The minimum absolute atomic E-state index is 0.108. The summed E-state index contributed by atoms with van der Waals surface area (Å²) in [4.78, 5) is 0. The second kappa shape index (κ2) is 11.6. The molecule has 3 N–H and O–H groups in total. The molecule has 0 amide bonds. The molecule has 0 heterocycles. The molecule has 0 saturated carbocycles. The van der Waals surface area contributed by atoms with Crippen molar-refractivity contribution >= 4 is 10.1 Å². The number of aliphatic hydroxyl groups is 1. The van der Waals surface area contributed by atoms with E-state index in [0.29, 0.717) is 6.26 Å². The summed E-state index contributed by atoms with van der Waals surface area (Å²) in [5.74, 6) is 0. The molecule has 0 aliphatic heterocycles. The van der Waals surface area contributed by atoms with Crippen LogP contribution in [0.4, 0.5) is 0 Å². The van der Waals surface area contributed by atoms with Crippen molar-refractivity contribution in [3.8, 4) is 0 Å². The number of hydrogen-bond acceptors (Lipinski definition) is 4. The van der Waals surface area contributed by atoms with Crippen LogP contribution >= 0.6 is 0 Å². The van der Waals surface area contributed by atoms with E-state index >= 15 is 0 Å². The van der Waals surface area contributed by atoms with Crippen LogP contribution in [0.1, 0.15) is 59.3 Å². The van der Waals surface area contributed by atoms with Gasteiger partial charge in [-0.05, 0) is 26.8 Å². The summed E-state index contributed by atoms with van der Waals surface area (Å²) >= 11 is 0. The molecule has 19 heavy (non-hydrogen) atoms. The van der Waals surface area contributed by atoms with E-state index in [1.165, 1.54) is 38.5 Å². The Kier molecular flexibility index (Phi) is 12.9. The molecule has 0 aromatic rings. The van der Waals surface area contributed by atoms with Crippen LogP contribution in [0.3, 0.4) is 0 Å². The van der Waals surface area contributed by atoms with Gasteiger partial charge in [0.05, 0.1) is 12.9 Å². The van der Waals surface area contributed by atoms with Crippen LogP contribution in [-0.2, 0) is 10.1 Å². The molecule has 118 valence electrons. The van der Waals surface area contributed by atoms with Crippen molar-refractivity contribution in [3.63, 3.8) is 0 Å². The molecule has 0 fully saturated rings. The molecule has 0 bridgehead atoms. The molecule has 0 aromatic heterocycles. The summed E-state index contributed by atoms with van der Waals surface area (Å²) in [7, 11) is -3.67. The van der Waals surface area contributed by atoms with Crippen LogP contribution in [0.5, 0.6) is 0 Å². The number of nitrogens with one attached hydrogen (secondary N) is 1. The highest BCUT2D eigenvalue weighted by atomic mass is 32.2. The summed E-state index contributed by atoms with van der Waals surface area (Å²) in [6.45, 7) is 7.54. The lowest BCUT2D eigenvalue weighted by Gasteiger charge is -2.23. The van der Waals surface area contributed by atoms with Gasteiger partial charge in [0.2, 0.25) is 0 Å². The molecule has 6 heteroatoms. The Hall–Kier alpha value is -0.170. The first-order valence-electron chi connectivity index (χ1n) is 6.90. The van der Waals surface area contributed by atoms with Gasteiger partial charge in [0.1, 0.15) is 0 Å². The van der Waals surface area contributed by atoms with Gasteiger partial charge < -0.3 is 10.4 Å². The Bertz CT molecular complexity index is 281. The van der Waals surface area contributed by atoms with Crippen LogP contribution < -0.4 is 5.32 Å². The lowest BCUT2D eigenvalue weighted by molar-refractivity contribution is 0.188. The van der Waals surface area contributed by atoms with Gasteiger partial charge in [-0.25, -0.2) is 0 Å². The van der Waals surface area contributed by atoms with Gasteiger partial charge in [-0.1, -0.05) is 39.0 Å². The van der Waals surface area contributed by atoms with E-state index in [2.05, 4.69) is 12.2 Å². The zero-order valence-electron chi connectivity index (χ0n) is 12.8. The van der Waals surface area contributed by atoms with Crippen molar-refractivity contribution in [2.45, 2.75) is 64.8 Å². The third-order valence-corrected chi connectivity index (χ3v) is 2.53. The van der Waals surface area contributed by atoms with Crippen molar-refractivity contribution in [1.29, 1.82) is 0 Å². The summed E-state index contributed by atoms with van der Waals surface area (Å²) in [5, 5.41) is 12.4. The normalized spacial score (nSPS) is 11.9. The standard InChI is InChI=1S/C12H27NO.CH4O3S/c1-4-5-6-7-8-9-10-13-12(2,3)11-14;1-5(2,3)4/h13-14H,4-11H2,1-3H3;1H3,(H,2,3,4). The molecular formula is C13H31NO4S. The van der Waals surface area contributed by atoms with Gasteiger partial charge in [-0.2, -0.15) is 8.42 Å². The highest BCUT2D eigenvalue weighted by Crippen LogP contribution is 2.05. The maximum atomic E-state index is 9.19. The zero-order valence-corrected chi connectivity index (χ0v) is 13.6. The van der Waals surface area contributed by atoms with E-state index in [9.17, 15) is 8.42 Å². The van der Waals surface area contributed by atoms with E-state index in [1.807, 2.05) is 13.8 Å². The van der Waals surface area contributed by atoms with Crippen molar-refractivity contribution in [2.24, 2.45) is 0 Å². The molecule has 0 spiro atoms. The quantitative estimate of drug-likeness (QED) is 0.449. The predicted octanol–water partition coefficient (Wildman–Crippen LogP) is 2.21. The second-order valence-corrected chi connectivity index (χ2v) is 6.94. The molecule has 0 atom stereocenters. The molecule has 0 radical (unpaired) electrons. The largest absolute Gasteiger partial charge is 0.394 e. The summed E-state index contributed by atoms with van der Waals surface area (Å²) < 4.78 is 25.9. The Morgan fingerprint density at radius 2 is 1.47 bits per heavy atom. The highest BCUT2D eigenvalue weighted by Gasteiger charge is 2.13. The van der Waals surface area contributed by atoms with Gasteiger partial charge in [-0.15, -0.1) is 0 Å². The number of aliphatic hydroxyl groups excluding tert-OH is 1.